The number of amides is 1. The summed E-state index contributed by atoms with van der Waals surface area (Å²) in [7, 11) is 1.83. The van der Waals surface area contributed by atoms with Crippen LogP contribution < -0.4 is 10.2 Å². The summed E-state index contributed by atoms with van der Waals surface area (Å²) in [5.41, 5.74) is -0.119. The molecule has 8 heteroatoms. The Balaban J connectivity index is 1.62. The number of hydrogen-bond acceptors (Lipinski definition) is 6. The van der Waals surface area contributed by atoms with Gasteiger partial charge in [0.05, 0.1) is 18.0 Å². The van der Waals surface area contributed by atoms with Gasteiger partial charge in [0.2, 0.25) is 11.9 Å². The molecule has 1 saturated heterocycles. The fourth-order valence-electron chi connectivity index (χ4n) is 3.65. The molecule has 2 aromatic rings. The zero-order valence-corrected chi connectivity index (χ0v) is 14.2. The third-order valence-electron chi connectivity index (χ3n) is 4.98. The quantitative estimate of drug-likeness (QED) is 0.916. The van der Waals surface area contributed by atoms with Gasteiger partial charge in [-0.15, -0.1) is 0 Å². The molecule has 0 aromatic carbocycles. The van der Waals surface area contributed by atoms with Crippen molar-refractivity contribution in [3.05, 3.63) is 24.7 Å². The largest absolute Gasteiger partial charge is 0.321 e. The first-order valence-corrected chi connectivity index (χ1v) is 8.37. The first-order valence-electron chi connectivity index (χ1n) is 8.37. The van der Waals surface area contributed by atoms with Crippen LogP contribution in [0.1, 0.15) is 26.2 Å². The monoisotopic (exact) mass is 337 g/mol. The maximum atomic E-state index is 13.0. The number of anilines is 3. The number of carbonyl (C=O) groups is 1. The second-order valence-corrected chi connectivity index (χ2v) is 6.85. The Morgan fingerprint density at radius 1 is 1.44 bits per heavy atom. The lowest BCUT2D eigenvalue weighted by Gasteiger charge is -2.22. The summed E-state index contributed by atoms with van der Waals surface area (Å²) in [5, 5.41) is 16.9. The summed E-state index contributed by atoms with van der Waals surface area (Å²) in [6, 6.07) is 3.97. The number of hydrogen-bond donors (Lipinski definition) is 1. The standard InChI is InChI=1S/C17H19N7O/c1-11-7-17(10-18,12-3-4-12)15(25)24(11)14-5-6-19-16(22-14)21-13-8-20-23(2)9-13/h5-6,8-9,11-12H,3-4,7H2,1-2H3,(H,19,21,22)/t11-,17-/m1/s1. The lowest BCUT2D eigenvalue weighted by molar-refractivity contribution is -0.123. The highest BCUT2D eigenvalue weighted by Gasteiger charge is 2.59. The van der Waals surface area contributed by atoms with Crippen molar-refractivity contribution >= 4 is 23.4 Å². The van der Waals surface area contributed by atoms with E-state index < -0.39 is 5.41 Å². The summed E-state index contributed by atoms with van der Waals surface area (Å²) in [5.74, 6) is 0.978. The van der Waals surface area contributed by atoms with Crippen LogP contribution in [0.4, 0.5) is 17.5 Å². The normalized spacial score (nSPS) is 25.9. The topological polar surface area (TPSA) is 99.7 Å². The first-order chi connectivity index (χ1) is 12.0. The van der Waals surface area contributed by atoms with E-state index in [-0.39, 0.29) is 17.9 Å². The van der Waals surface area contributed by atoms with Gasteiger partial charge < -0.3 is 5.32 Å². The molecule has 1 aliphatic heterocycles. The predicted molar refractivity (Wildman–Crippen MR) is 90.9 cm³/mol. The third-order valence-corrected chi connectivity index (χ3v) is 4.98. The molecule has 2 aliphatic rings. The maximum absolute atomic E-state index is 13.0. The van der Waals surface area contributed by atoms with E-state index in [0.29, 0.717) is 18.2 Å². The molecule has 8 nitrogen and oxygen atoms in total. The highest BCUT2D eigenvalue weighted by Crippen LogP contribution is 2.53. The highest BCUT2D eigenvalue weighted by atomic mass is 16.2. The van der Waals surface area contributed by atoms with Gasteiger partial charge in [0.1, 0.15) is 11.2 Å². The molecule has 1 saturated carbocycles. The minimum Gasteiger partial charge on any atom is -0.321 e. The van der Waals surface area contributed by atoms with Crippen LogP contribution in [0.3, 0.4) is 0 Å². The molecule has 4 rings (SSSR count). The Morgan fingerprint density at radius 3 is 2.88 bits per heavy atom. The molecule has 1 N–H and O–H groups in total. The van der Waals surface area contributed by atoms with Crippen LogP contribution in [-0.4, -0.2) is 31.7 Å². The van der Waals surface area contributed by atoms with Crippen molar-refractivity contribution in [2.75, 3.05) is 10.2 Å². The molecule has 0 radical (unpaired) electrons. The average Bonchev–Trinajstić information content (AvgIpc) is 3.31. The summed E-state index contributed by atoms with van der Waals surface area (Å²) in [4.78, 5) is 23.4. The van der Waals surface area contributed by atoms with Crippen molar-refractivity contribution in [2.24, 2.45) is 18.4 Å². The van der Waals surface area contributed by atoms with Crippen molar-refractivity contribution in [1.29, 1.82) is 5.26 Å². The van der Waals surface area contributed by atoms with Gasteiger partial charge in [-0.1, -0.05) is 0 Å². The molecule has 2 atom stereocenters. The second kappa shape index (κ2) is 5.55. The van der Waals surface area contributed by atoms with E-state index in [1.165, 1.54) is 0 Å². The number of aromatic nitrogens is 4. The number of rotatable bonds is 4. The van der Waals surface area contributed by atoms with E-state index in [2.05, 4.69) is 26.5 Å². The van der Waals surface area contributed by atoms with Gasteiger partial charge in [0.25, 0.3) is 0 Å². The molecule has 128 valence electrons. The Bertz CT molecular complexity index is 866. The predicted octanol–water partition coefficient (Wildman–Crippen LogP) is 2.00. The molecule has 3 heterocycles. The number of aryl methyl sites for hydroxylation is 1. The minimum absolute atomic E-state index is 0.0612. The number of carbonyl (C=O) groups excluding carboxylic acids is 1. The van der Waals surface area contributed by atoms with Crippen LogP contribution in [0, 0.1) is 22.7 Å². The van der Waals surface area contributed by atoms with Crippen molar-refractivity contribution in [3.8, 4) is 6.07 Å². The molecule has 25 heavy (non-hydrogen) atoms. The van der Waals surface area contributed by atoms with E-state index in [1.807, 2.05) is 20.2 Å². The molecule has 0 bridgehead atoms. The minimum atomic E-state index is -0.888. The Hall–Kier alpha value is -2.95. The van der Waals surface area contributed by atoms with Gasteiger partial charge >= 0.3 is 0 Å². The highest BCUT2D eigenvalue weighted by molar-refractivity contribution is 6.02. The number of nitrogens with zero attached hydrogens (tertiary/aromatic N) is 6. The van der Waals surface area contributed by atoms with E-state index in [1.54, 1.807) is 28.0 Å². The molecule has 2 aromatic heterocycles. The van der Waals surface area contributed by atoms with Crippen LogP contribution >= 0.6 is 0 Å². The Kier molecular flexibility index (Phi) is 3.46. The third kappa shape index (κ3) is 2.52. The van der Waals surface area contributed by atoms with Crippen LogP contribution in [-0.2, 0) is 11.8 Å². The molecule has 0 unspecified atom stereocenters. The Labute approximate surface area is 145 Å². The van der Waals surface area contributed by atoms with E-state index in [0.717, 1.165) is 18.5 Å². The van der Waals surface area contributed by atoms with Gasteiger partial charge in [-0.3, -0.25) is 14.4 Å². The fraction of sp³-hybridized carbons (Fsp3) is 0.471. The fourth-order valence-corrected chi connectivity index (χ4v) is 3.65. The average molecular weight is 337 g/mol. The van der Waals surface area contributed by atoms with Crippen molar-refractivity contribution in [1.82, 2.24) is 19.7 Å². The number of nitriles is 1. The van der Waals surface area contributed by atoms with Gasteiger partial charge in [-0.25, -0.2) is 4.98 Å². The molecule has 2 fully saturated rings. The molecule has 1 aliphatic carbocycles. The van der Waals surface area contributed by atoms with E-state index in [4.69, 9.17) is 0 Å². The van der Waals surface area contributed by atoms with Crippen LogP contribution in [0.25, 0.3) is 0 Å². The van der Waals surface area contributed by atoms with Gasteiger partial charge in [0.15, 0.2) is 0 Å². The van der Waals surface area contributed by atoms with E-state index in [9.17, 15) is 10.1 Å². The van der Waals surface area contributed by atoms with Crippen molar-refractivity contribution in [2.45, 2.75) is 32.2 Å². The summed E-state index contributed by atoms with van der Waals surface area (Å²) < 4.78 is 1.68. The maximum Gasteiger partial charge on any atom is 0.249 e. The molecule has 1 amide bonds. The van der Waals surface area contributed by atoms with Gasteiger partial charge in [-0.2, -0.15) is 15.3 Å². The summed E-state index contributed by atoms with van der Waals surface area (Å²) in [6.45, 7) is 1.97. The first kappa shape index (κ1) is 15.6. The van der Waals surface area contributed by atoms with Crippen LogP contribution in [0.2, 0.25) is 0 Å². The zero-order chi connectivity index (χ0) is 17.6. The lowest BCUT2D eigenvalue weighted by atomic mass is 9.81. The summed E-state index contributed by atoms with van der Waals surface area (Å²) in [6.07, 6.45) is 7.57. The summed E-state index contributed by atoms with van der Waals surface area (Å²) >= 11 is 0. The van der Waals surface area contributed by atoms with Gasteiger partial charge in [-0.05, 0) is 38.2 Å². The molecular formula is C17H19N7O. The molecule has 0 spiro atoms. The lowest BCUT2D eigenvalue weighted by Crippen LogP contribution is -2.37. The Morgan fingerprint density at radius 2 is 2.24 bits per heavy atom. The van der Waals surface area contributed by atoms with Gasteiger partial charge in [0, 0.05) is 25.5 Å². The molecular weight excluding hydrogens is 318 g/mol. The van der Waals surface area contributed by atoms with E-state index >= 15 is 0 Å². The smallest absolute Gasteiger partial charge is 0.249 e. The van der Waals surface area contributed by atoms with Crippen molar-refractivity contribution in [3.63, 3.8) is 0 Å². The number of nitrogens with one attached hydrogen (secondary N) is 1. The van der Waals surface area contributed by atoms with Crippen LogP contribution in [0.5, 0.6) is 0 Å². The SMILES string of the molecule is C[C@@H]1C[C@@](C#N)(C2CC2)C(=O)N1c1ccnc(Nc2cnn(C)c2)n1. The second-order valence-electron chi connectivity index (χ2n) is 6.85. The zero-order valence-electron chi connectivity index (χ0n) is 14.2. The van der Waals surface area contributed by atoms with Crippen molar-refractivity contribution < 1.29 is 4.79 Å². The van der Waals surface area contributed by atoms with Crippen LogP contribution in [0.15, 0.2) is 24.7 Å².